The Balaban J connectivity index is 0.00000122. The number of ether oxygens (including phenoxy) is 1. The van der Waals surface area contributed by atoms with Crippen LogP contribution in [0.5, 0.6) is 5.75 Å². The summed E-state index contributed by atoms with van der Waals surface area (Å²) in [6.45, 7) is 15.2. The fourth-order valence-electron chi connectivity index (χ4n) is 3.40. The molecule has 1 N–H and O–H groups in total. The van der Waals surface area contributed by atoms with Crippen LogP contribution in [0.15, 0.2) is 60.2 Å². The first kappa shape index (κ1) is 23.7. The SMILES string of the molecule is CC=CC(C)(C)C1C=CC(C(C)(C)c2ccc(OC(=O)O)cc2)=CC1.CCC. The van der Waals surface area contributed by atoms with Crippen LogP contribution >= 0.6 is 0 Å². The topological polar surface area (TPSA) is 46.5 Å². The van der Waals surface area contributed by atoms with Gasteiger partial charge in [0, 0.05) is 5.41 Å². The average molecular weight is 385 g/mol. The van der Waals surface area contributed by atoms with Crippen molar-refractivity contribution in [3.05, 3.63) is 65.8 Å². The Morgan fingerprint density at radius 1 is 1.18 bits per heavy atom. The van der Waals surface area contributed by atoms with Crippen molar-refractivity contribution in [3.63, 3.8) is 0 Å². The maximum atomic E-state index is 10.6. The minimum atomic E-state index is -1.29. The predicted octanol–water partition coefficient (Wildman–Crippen LogP) is 7.54. The molecule has 0 aromatic heterocycles. The molecule has 0 radical (unpaired) electrons. The van der Waals surface area contributed by atoms with Crippen molar-refractivity contribution in [1.29, 1.82) is 0 Å². The van der Waals surface area contributed by atoms with Gasteiger partial charge in [-0.3, -0.25) is 0 Å². The zero-order chi connectivity index (χ0) is 21.4. The molecule has 1 aromatic carbocycles. The van der Waals surface area contributed by atoms with Gasteiger partial charge in [0.25, 0.3) is 0 Å². The van der Waals surface area contributed by atoms with E-state index in [1.807, 2.05) is 12.1 Å². The average Bonchev–Trinajstić information content (AvgIpc) is 2.62. The van der Waals surface area contributed by atoms with Gasteiger partial charge in [0.2, 0.25) is 0 Å². The van der Waals surface area contributed by atoms with Crippen LogP contribution in [0.1, 0.15) is 66.9 Å². The molecule has 0 bridgehead atoms. The Morgan fingerprint density at radius 3 is 2.18 bits per heavy atom. The summed E-state index contributed by atoms with van der Waals surface area (Å²) in [5.41, 5.74) is 2.42. The summed E-state index contributed by atoms with van der Waals surface area (Å²) < 4.78 is 4.68. The zero-order valence-corrected chi connectivity index (χ0v) is 18.5. The molecule has 1 aliphatic carbocycles. The summed E-state index contributed by atoms with van der Waals surface area (Å²) in [5.74, 6) is 0.836. The minimum Gasteiger partial charge on any atom is -0.449 e. The summed E-state index contributed by atoms with van der Waals surface area (Å²) in [5, 5.41) is 8.68. The molecule has 1 atom stereocenters. The van der Waals surface area contributed by atoms with Gasteiger partial charge in [-0.15, -0.1) is 0 Å². The first-order chi connectivity index (χ1) is 13.1. The molecular weight excluding hydrogens is 348 g/mol. The lowest BCUT2D eigenvalue weighted by Crippen LogP contribution is -2.25. The molecule has 1 aliphatic rings. The molecule has 1 unspecified atom stereocenters. The van der Waals surface area contributed by atoms with Crippen molar-refractivity contribution in [2.45, 2.75) is 66.7 Å². The third kappa shape index (κ3) is 6.40. The number of hydrogen-bond acceptors (Lipinski definition) is 2. The van der Waals surface area contributed by atoms with Crippen molar-refractivity contribution in [2.75, 3.05) is 0 Å². The molecule has 28 heavy (non-hydrogen) atoms. The molecule has 3 heteroatoms. The van der Waals surface area contributed by atoms with E-state index >= 15 is 0 Å². The standard InChI is InChI=1S/C22H28O3.C3H8/c1-6-15-21(2,3)16-7-9-17(10-8-16)22(4,5)18-11-13-19(14-12-18)25-20(23)24;1-3-2/h6-7,9-16H,8H2,1-5H3,(H,23,24);3H2,1-2H3. The van der Waals surface area contributed by atoms with Crippen molar-refractivity contribution < 1.29 is 14.6 Å². The summed E-state index contributed by atoms with van der Waals surface area (Å²) in [6, 6.07) is 7.28. The second-order valence-corrected chi connectivity index (χ2v) is 8.41. The third-order valence-corrected chi connectivity index (χ3v) is 5.15. The normalized spacial score (nSPS) is 17.0. The molecule has 0 saturated carbocycles. The van der Waals surface area contributed by atoms with Gasteiger partial charge < -0.3 is 9.84 Å². The van der Waals surface area contributed by atoms with Crippen LogP contribution in [0.4, 0.5) is 4.79 Å². The second-order valence-electron chi connectivity index (χ2n) is 8.41. The highest BCUT2D eigenvalue weighted by Gasteiger charge is 2.30. The Labute approximate surface area is 170 Å². The highest BCUT2D eigenvalue weighted by molar-refractivity contribution is 5.61. The first-order valence-electron chi connectivity index (χ1n) is 10.1. The molecule has 0 spiro atoms. The molecule has 0 heterocycles. The maximum absolute atomic E-state index is 10.6. The van der Waals surface area contributed by atoms with Gasteiger partial charge >= 0.3 is 6.16 Å². The Hall–Kier alpha value is -2.29. The zero-order valence-electron chi connectivity index (χ0n) is 18.5. The first-order valence-corrected chi connectivity index (χ1v) is 10.1. The number of allylic oxidation sites excluding steroid dienone is 6. The number of benzene rings is 1. The van der Waals surface area contributed by atoms with Crippen molar-refractivity contribution in [1.82, 2.24) is 0 Å². The highest BCUT2D eigenvalue weighted by Crippen LogP contribution is 2.40. The molecule has 3 nitrogen and oxygen atoms in total. The third-order valence-electron chi connectivity index (χ3n) is 5.15. The van der Waals surface area contributed by atoms with E-state index in [1.54, 1.807) is 12.1 Å². The fourth-order valence-corrected chi connectivity index (χ4v) is 3.40. The summed E-state index contributed by atoms with van der Waals surface area (Å²) in [7, 11) is 0. The van der Waals surface area contributed by atoms with E-state index < -0.39 is 6.16 Å². The van der Waals surface area contributed by atoms with Gasteiger partial charge in [0.15, 0.2) is 0 Å². The fraction of sp³-hybridized carbons (Fsp3) is 0.480. The number of carbonyl (C=O) groups is 1. The molecule has 0 amide bonds. The lowest BCUT2D eigenvalue weighted by molar-refractivity contribution is 0.144. The molecule has 1 aromatic rings. The van der Waals surface area contributed by atoms with E-state index in [9.17, 15) is 4.79 Å². The summed E-state index contributed by atoms with van der Waals surface area (Å²) in [4.78, 5) is 10.6. The van der Waals surface area contributed by atoms with Gasteiger partial charge in [-0.05, 0) is 47.9 Å². The molecule has 2 rings (SSSR count). The lowest BCUT2D eigenvalue weighted by Gasteiger charge is -2.34. The van der Waals surface area contributed by atoms with Gasteiger partial charge in [-0.1, -0.05) is 90.5 Å². The van der Waals surface area contributed by atoms with Crippen LogP contribution in [0.2, 0.25) is 0 Å². The van der Waals surface area contributed by atoms with Crippen LogP contribution < -0.4 is 4.74 Å². The molecule has 0 aliphatic heterocycles. The molecule has 0 saturated heterocycles. The van der Waals surface area contributed by atoms with Crippen molar-refractivity contribution >= 4 is 6.16 Å². The number of rotatable bonds is 5. The summed E-state index contributed by atoms with van der Waals surface area (Å²) >= 11 is 0. The summed E-state index contributed by atoms with van der Waals surface area (Å²) in [6.07, 6.45) is 12.3. The number of hydrogen-bond donors (Lipinski definition) is 1. The van der Waals surface area contributed by atoms with E-state index in [4.69, 9.17) is 5.11 Å². The molecular formula is C25H36O3. The number of carboxylic acid groups (broad SMARTS) is 1. The second kappa shape index (κ2) is 10.3. The van der Waals surface area contributed by atoms with Gasteiger partial charge in [-0.25, -0.2) is 4.79 Å². The Bertz CT molecular complexity index is 719. The van der Waals surface area contributed by atoms with E-state index in [2.05, 4.69) is 83.6 Å². The Kier molecular flexibility index (Phi) is 8.74. The smallest absolute Gasteiger partial charge is 0.449 e. The van der Waals surface area contributed by atoms with Crippen LogP contribution in [-0.2, 0) is 5.41 Å². The Morgan fingerprint density at radius 2 is 1.75 bits per heavy atom. The maximum Gasteiger partial charge on any atom is 0.511 e. The molecule has 154 valence electrons. The van der Waals surface area contributed by atoms with E-state index in [-0.39, 0.29) is 10.8 Å². The minimum absolute atomic E-state index is 0.145. The van der Waals surface area contributed by atoms with Crippen molar-refractivity contribution in [2.24, 2.45) is 11.3 Å². The van der Waals surface area contributed by atoms with Crippen molar-refractivity contribution in [3.8, 4) is 5.75 Å². The van der Waals surface area contributed by atoms with Gasteiger partial charge in [0.05, 0.1) is 0 Å². The largest absolute Gasteiger partial charge is 0.511 e. The van der Waals surface area contributed by atoms with Crippen LogP contribution in [0.3, 0.4) is 0 Å². The van der Waals surface area contributed by atoms with E-state index in [1.165, 1.54) is 12.0 Å². The highest BCUT2D eigenvalue weighted by atomic mass is 16.7. The van der Waals surface area contributed by atoms with E-state index in [0.29, 0.717) is 11.7 Å². The predicted molar refractivity (Wildman–Crippen MR) is 118 cm³/mol. The van der Waals surface area contributed by atoms with Crippen LogP contribution in [0, 0.1) is 11.3 Å². The van der Waals surface area contributed by atoms with E-state index in [0.717, 1.165) is 12.0 Å². The quantitative estimate of drug-likeness (QED) is 0.324. The lowest BCUT2D eigenvalue weighted by atomic mass is 9.70. The van der Waals surface area contributed by atoms with Gasteiger partial charge in [-0.2, -0.15) is 0 Å². The molecule has 0 fully saturated rings. The monoisotopic (exact) mass is 384 g/mol. The van der Waals surface area contributed by atoms with Gasteiger partial charge in [0.1, 0.15) is 5.75 Å². The van der Waals surface area contributed by atoms with Crippen LogP contribution in [-0.4, -0.2) is 11.3 Å². The van der Waals surface area contributed by atoms with Crippen LogP contribution in [0.25, 0.3) is 0 Å².